The summed E-state index contributed by atoms with van der Waals surface area (Å²) in [6, 6.07) is 31.1. The van der Waals surface area contributed by atoms with Crippen molar-refractivity contribution >= 4 is 45.7 Å². The van der Waals surface area contributed by atoms with Crippen LogP contribution in [0.25, 0.3) is 22.2 Å². The number of hydrogen-bond donors (Lipinski definition) is 2. The number of carbonyl (C=O) groups is 2. The van der Waals surface area contributed by atoms with E-state index in [2.05, 4.69) is 10.6 Å². The summed E-state index contributed by atoms with van der Waals surface area (Å²) in [5, 5.41) is 7.24. The van der Waals surface area contributed by atoms with Crippen LogP contribution in [0.15, 0.2) is 103 Å². The third kappa shape index (κ3) is 5.11. The quantitative estimate of drug-likeness (QED) is 0.269. The molecule has 5 rings (SSSR count). The number of nitrogens with one attached hydrogen (secondary N) is 2. The van der Waals surface area contributed by atoms with Crippen LogP contribution >= 0.6 is 11.6 Å². The minimum absolute atomic E-state index is 0.194. The van der Waals surface area contributed by atoms with E-state index in [4.69, 9.17) is 16.6 Å². The Bertz CT molecular complexity index is 1560. The first-order valence-corrected chi connectivity index (χ1v) is 11.8. The van der Waals surface area contributed by atoms with Crippen LogP contribution < -0.4 is 10.6 Å². The van der Waals surface area contributed by atoms with Gasteiger partial charge in [0, 0.05) is 32.9 Å². The first kappa shape index (κ1) is 23.3. The number of aromatic nitrogens is 1. The fourth-order valence-electron chi connectivity index (χ4n) is 3.92. The number of fused-ring (bicyclic) bond motifs is 1. The van der Waals surface area contributed by atoms with Gasteiger partial charge in [0.1, 0.15) is 0 Å². The number of hydrogen-bond acceptors (Lipinski definition) is 3. The van der Waals surface area contributed by atoms with Crippen LogP contribution in [0, 0.1) is 6.92 Å². The molecule has 176 valence electrons. The van der Waals surface area contributed by atoms with Gasteiger partial charge >= 0.3 is 0 Å². The highest BCUT2D eigenvalue weighted by Gasteiger charge is 2.15. The summed E-state index contributed by atoms with van der Waals surface area (Å²) in [6.45, 7) is 1.98. The molecule has 5 aromatic rings. The lowest BCUT2D eigenvalue weighted by atomic mass is 10.0. The molecule has 0 aliphatic rings. The second-order valence-corrected chi connectivity index (χ2v) is 8.87. The van der Waals surface area contributed by atoms with Crippen LogP contribution in [-0.4, -0.2) is 16.8 Å². The van der Waals surface area contributed by atoms with Crippen molar-refractivity contribution < 1.29 is 9.59 Å². The van der Waals surface area contributed by atoms with Gasteiger partial charge in [-0.1, -0.05) is 53.6 Å². The van der Waals surface area contributed by atoms with Gasteiger partial charge in [-0.3, -0.25) is 9.59 Å². The SMILES string of the molecule is Cc1ccc2nc(-c3ccc(Cl)cc3)cc(C(=O)Nc3ccc(NC(=O)c4ccccc4)cc3)c2c1. The molecular weight excluding hydrogens is 470 g/mol. The number of halogens is 1. The summed E-state index contributed by atoms with van der Waals surface area (Å²) in [6.07, 6.45) is 0. The van der Waals surface area contributed by atoms with Gasteiger partial charge < -0.3 is 10.6 Å². The van der Waals surface area contributed by atoms with Gasteiger partial charge in [0.25, 0.3) is 11.8 Å². The molecular formula is C30H22ClN3O2. The highest BCUT2D eigenvalue weighted by atomic mass is 35.5. The minimum atomic E-state index is -0.246. The van der Waals surface area contributed by atoms with Gasteiger partial charge in [-0.2, -0.15) is 0 Å². The van der Waals surface area contributed by atoms with E-state index >= 15 is 0 Å². The zero-order chi connectivity index (χ0) is 25.1. The van der Waals surface area contributed by atoms with Crippen molar-refractivity contribution in [2.75, 3.05) is 10.6 Å². The summed E-state index contributed by atoms with van der Waals surface area (Å²) >= 11 is 6.05. The Morgan fingerprint density at radius 1 is 0.722 bits per heavy atom. The second kappa shape index (κ2) is 10.0. The average Bonchev–Trinajstić information content (AvgIpc) is 2.90. The third-order valence-corrected chi connectivity index (χ3v) is 6.04. The van der Waals surface area contributed by atoms with Crippen LogP contribution in [0.2, 0.25) is 5.02 Å². The van der Waals surface area contributed by atoms with E-state index in [1.54, 1.807) is 54.6 Å². The number of pyridine rings is 1. The molecule has 5 nitrogen and oxygen atoms in total. The number of aryl methyl sites for hydroxylation is 1. The van der Waals surface area contributed by atoms with Crippen molar-refractivity contribution in [3.63, 3.8) is 0 Å². The lowest BCUT2D eigenvalue weighted by Gasteiger charge is -2.12. The number of rotatable bonds is 5. The highest BCUT2D eigenvalue weighted by molar-refractivity contribution is 6.30. The molecule has 2 amide bonds. The summed E-state index contributed by atoms with van der Waals surface area (Å²) in [5.74, 6) is -0.440. The predicted octanol–water partition coefficient (Wildman–Crippen LogP) is 7.37. The van der Waals surface area contributed by atoms with Crippen LogP contribution in [0.1, 0.15) is 26.3 Å². The normalized spacial score (nSPS) is 10.7. The Balaban J connectivity index is 1.41. The third-order valence-electron chi connectivity index (χ3n) is 5.79. The fourth-order valence-corrected chi connectivity index (χ4v) is 4.05. The molecule has 0 saturated heterocycles. The topological polar surface area (TPSA) is 71.1 Å². The van der Waals surface area contributed by atoms with Crippen LogP contribution in [0.4, 0.5) is 11.4 Å². The van der Waals surface area contributed by atoms with Gasteiger partial charge in [-0.25, -0.2) is 4.98 Å². The molecule has 0 spiro atoms. The summed E-state index contributed by atoms with van der Waals surface area (Å²) < 4.78 is 0. The molecule has 0 saturated carbocycles. The van der Waals surface area contributed by atoms with Crippen molar-refractivity contribution in [1.29, 1.82) is 0 Å². The molecule has 2 N–H and O–H groups in total. The molecule has 36 heavy (non-hydrogen) atoms. The molecule has 0 aliphatic carbocycles. The van der Waals surface area contributed by atoms with Gasteiger partial charge in [0.15, 0.2) is 0 Å². The van der Waals surface area contributed by atoms with E-state index < -0.39 is 0 Å². The summed E-state index contributed by atoms with van der Waals surface area (Å²) in [4.78, 5) is 30.5. The number of anilines is 2. The lowest BCUT2D eigenvalue weighted by molar-refractivity contribution is 0.101. The Kier molecular flexibility index (Phi) is 6.48. The van der Waals surface area contributed by atoms with E-state index in [0.717, 1.165) is 22.0 Å². The Morgan fingerprint density at radius 3 is 2.03 bits per heavy atom. The largest absolute Gasteiger partial charge is 0.322 e. The van der Waals surface area contributed by atoms with Gasteiger partial charge in [0.05, 0.1) is 16.8 Å². The number of nitrogens with zero attached hydrogens (tertiary/aromatic N) is 1. The van der Waals surface area contributed by atoms with Crippen molar-refractivity contribution in [1.82, 2.24) is 4.98 Å². The lowest BCUT2D eigenvalue weighted by Crippen LogP contribution is -2.14. The Labute approximate surface area is 213 Å². The number of amides is 2. The van der Waals surface area contributed by atoms with Crippen LogP contribution in [0.5, 0.6) is 0 Å². The van der Waals surface area contributed by atoms with Crippen molar-refractivity contribution in [3.05, 3.63) is 125 Å². The van der Waals surface area contributed by atoms with Crippen molar-refractivity contribution in [3.8, 4) is 11.3 Å². The molecule has 1 heterocycles. The molecule has 0 atom stereocenters. The van der Waals surface area contributed by atoms with E-state index in [1.807, 2.05) is 55.5 Å². The van der Waals surface area contributed by atoms with Crippen molar-refractivity contribution in [2.45, 2.75) is 6.92 Å². The minimum Gasteiger partial charge on any atom is -0.322 e. The molecule has 0 fully saturated rings. The summed E-state index contributed by atoms with van der Waals surface area (Å²) in [5.41, 5.74) is 5.68. The molecule has 6 heteroatoms. The molecule has 1 aromatic heterocycles. The van der Waals surface area contributed by atoms with E-state index in [1.165, 1.54) is 0 Å². The van der Waals surface area contributed by atoms with Gasteiger partial charge in [-0.05, 0) is 73.7 Å². The molecule has 0 aliphatic heterocycles. The fraction of sp³-hybridized carbons (Fsp3) is 0.0333. The average molecular weight is 492 g/mol. The standard InChI is InChI=1S/C30H22ClN3O2/c1-19-7-16-27-25(17-19)26(18-28(34-27)20-8-10-22(31)11-9-20)30(36)33-24-14-12-23(13-15-24)32-29(35)21-5-3-2-4-6-21/h2-18H,1H3,(H,32,35)(H,33,36). The zero-order valence-electron chi connectivity index (χ0n) is 19.5. The van der Waals surface area contributed by atoms with E-state index in [0.29, 0.717) is 33.2 Å². The highest BCUT2D eigenvalue weighted by Crippen LogP contribution is 2.27. The Morgan fingerprint density at radius 2 is 1.36 bits per heavy atom. The molecule has 4 aromatic carbocycles. The first-order valence-electron chi connectivity index (χ1n) is 11.4. The van der Waals surface area contributed by atoms with E-state index in [-0.39, 0.29) is 11.8 Å². The molecule has 0 radical (unpaired) electrons. The molecule has 0 unspecified atom stereocenters. The maximum Gasteiger partial charge on any atom is 0.256 e. The maximum absolute atomic E-state index is 13.4. The maximum atomic E-state index is 13.4. The Hall–Kier alpha value is -4.48. The predicted molar refractivity (Wildman–Crippen MR) is 146 cm³/mol. The van der Waals surface area contributed by atoms with Crippen LogP contribution in [0.3, 0.4) is 0 Å². The smallest absolute Gasteiger partial charge is 0.256 e. The van der Waals surface area contributed by atoms with Crippen molar-refractivity contribution in [2.24, 2.45) is 0 Å². The number of benzene rings is 4. The monoisotopic (exact) mass is 491 g/mol. The molecule has 0 bridgehead atoms. The van der Waals surface area contributed by atoms with E-state index in [9.17, 15) is 9.59 Å². The van der Waals surface area contributed by atoms with Gasteiger partial charge in [0.2, 0.25) is 0 Å². The summed E-state index contributed by atoms with van der Waals surface area (Å²) in [7, 11) is 0. The number of carbonyl (C=O) groups excluding carboxylic acids is 2. The van der Waals surface area contributed by atoms with Crippen LogP contribution in [-0.2, 0) is 0 Å². The van der Waals surface area contributed by atoms with Gasteiger partial charge in [-0.15, -0.1) is 0 Å². The first-order chi connectivity index (χ1) is 17.5. The zero-order valence-corrected chi connectivity index (χ0v) is 20.2. The second-order valence-electron chi connectivity index (χ2n) is 8.43.